The van der Waals surface area contributed by atoms with E-state index in [-0.39, 0.29) is 5.91 Å². The molecule has 1 aromatic heterocycles. The molecule has 1 fully saturated rings. The van der Waals surface area contributed by atoms with E-state index in [2.05, 4.69) is 44.8 Å². The van der Waals surface area contributed by atoms with E-state index in [1.165, 1.54) is 5.56 Å². The topological polar surface area (TPSA) is 57.3 Å². The Kier molecular flexibility index (Phi) is 4.88. The van der Waals surface area contributed by atoms with Gasteiger partial charge >= 0.3 is 0 Å². The zero-order valence-electron chi connectivity index (χ0n) is 13.3. The van der Waals surface area contributed by atoms with Gasteiger partial charge in [-0.15, -0.1) is 0 Å². The normalized spacial score (nSPS) is 17.8. The van der Waals surface area contributed by atoms with E-state index in [0.29, 0.717) is 18.2 Å². The number of pyridine rings is 1. The van der Waals surface area contributed by atoms with Gasteiger partial charge in [0.2, 0.25) is 0 Å². The number of hydrogen-bond donors (Lipinski definition) is 2. The molecule has 5 heteroatoms. The number of carbonyl (C=O) groups is 1. The van der Waals surface area contributed by atoms with Crippen LogP contribution in [0.3, 0.4) is 0 Å². The molecule has 120 valence electrons. The third-order valence-electron chi connectivity index (χ3n) is 4.05. The summed E-state index contributed by atoms with van der Waals surface area (Å²) in [7, 11) is 0. The molecule has 1 saturated heterocycles. The summed E-state index contributed by atoms with van der Waals surface area (Å²) >= 11 is 0. The molecule has 1 atom stereocenters. The fourth-order valence-electron chi connectivity index (χ4n) is 2.84. The average molecular weight is 310 g/mol. The van der Waals surface area contributed by atoms with Crippen LogP contribution in [0.2, 0.25) is 0 Å². The molecule has 1 aliphatic heterocycles. The molecule has 2 aromatic rings. The predicted molar refractivity (Wildman–Crippen MR) is 91.6 cm³/mol. The molecule has 1 aliphatic rings. The predicted octanol–water partition coefficient (Wildman–Crippen LogP) is 1.98. The second-order valence-electron chi connectivity index (χ2n) is 5.63. The molecule has 0 saturated carbocycles. The maximum absolute atomic E-state index is 11.8. The Bertz CT molecular complexity index is 642. The number of benzene rings is 1. The molecule has 3 rings (SSSR count). The van der Waals surface area contributed by atoms with Crippen LogP contribution >= 0.6 is 0 Å². The van der Waals surface area contributed by atoms with Crippen molar-refractivity contribution in [1.29, 1.82) is 0 Å². The van der Waals surface area contributed by atoms with Crippen LogP contribution in [0.15, 0.2) is 48.7 Å². The van der Waals surface area contributed by atoms with Crippen LogP contribution in [0.5, 0.6) is 0 Å². The summed E-state index contributed by atoms with van der Waals surface area (Å²) in [5.41, 5.74) is 1.89. The zero-order chi connectivity index (χ0) is 16.1. The van der Waals surface area contributed by atoms with Crippen LogP contribution in [0.4, 0.5) is 5.82 Å². The number of aromatic nitrogens is 1. The van der Waals surface area contributed by atoms with E-state index >= 15 is 0 Å². The van der Waals surface area contributed by atoms with E-state index in [0.717, 1.165) is 25.5 Å². The maximum Gasteiger partial charge on any atom is 0.252 e. The smallest absolute Gasteiger partial charge is 0.252 e. The fourth-order valence-corrected chi connectivity index (χ4v) is 2.84. The highest BCUT2D eigenvalue weighted by molar-refractivity contribution is 5.94. The summed E-state index contributed by atoms with van der Waals surface area (Å²) in [6.45, 7) is 5.23. The Morgan fingerprint density at radius 1 is 1.30 bits per heavy atom. The summed E-state index contributed by atoms with van der Waals surface area (Å²) in [4.78, 5) is 18.5. The number of anilines is 1. The van der Waals surface area contributed by atoms with Gasteiger partial charge in [0.1, 0.15) is 5.82 Å². The summed E-state index contributed by atoms with van der Waals surface area (Å²) in [5.74, 6) is 0.842. The van der Waals surface area contributed by atoms with E-state index < -0.39 is 0 Å². The second kappa shape index (κ2) is 7.24. The van der Waals surface area contributed by atoms with Crippen LogP contribution in [-0.2, 0) is 0 Å². The largest absolute Gasteiger partial charge is 0.353 e. The highest BCUT2D eigenvalue weighted by Gasteiger charge is 2.21. The van der Waals surface area contributed by atoms with Crippen molar-refractivity contribution in [3.05, 3.63) is 59.8 Å². The number of piperazine rings is 1. The molecule has 0 bridgehead atoms. The van der Waals surface area contributed by atoms with Crippen molar-refractivity contribution in [2.24, 2.45) is 0 Å². The van der Waals surface area contributed by atoms with Crippen molar-refractivity contribution in [2.45, 2.75) is 13.0 Å². The number of hydrogen-bond acceptors (Lipinski definition) is 4. The number of rotatable bonds is 4. The molecule has 23 heavy (non-hydrogen) atoms. The highest BCUT2D eigenvalue weighted by Crippen LogP contribution is 2.21. The Labute approximate surface area is 136 Å². The van der Waals surface area contributed by atoms with Crippen LogP contribution in [0, 0.1) is 0 Å². The van der Waals surface area contributed by atoms with Crippen LogP contribution < -0.4 is 15.5 Å². The first kappa shape index (κ1) is 15.5. The third kappa shape index (κ3) is 3.68. The fraction of sp³-hybridized carbons (Fsp3) is 0.333. The molecule has 0 aliphatic carbocycles. The van der Waals surface area contributed by atoms with Gasteiger partial charge in [0, 0.05) is 38.4 Å². The third-order valence-corrected chi connectivity index (χ3v) is 4.05. The van der Waals surface area contributed by atoms with E-state index in [4.69, 9.17) is 0 Å². The summed E-state index contributed by atoms with van der Waals surface area (Å²) in [6, 6.07) is 14.5. The molecule has 1 aromatic carbocycles. The molecule has 2 N–H and O–H groups in total. The van der Waals surface area contributed by atoms with Crippen molar-refractivity contribution >= 4 is 11.7 Å². The van der Waals surface area contributed by atoms with E-state index in [1.54, 1.807) is 6.20 Å². The van der Waals surface area contributed by atoms with Gasteiger partial charge < -0.3 is 15.5 Å². The van der Waals surface area contributed by atoms with Gasteiger partial charge in [-0.2, -0.15) is 0 Å². The van der Waals surface area contributed by atoms with Crippen LogP contribution in [0.25, 0.3) is 0 Å². The minimum atomic E-state index is -0.0750. The van der Waals surface area contributed by atoms with Crippen LogP contribution in [-0.4, -0.2) is 37.1 Å². The summed E-state index contributed by atoms with van der Waals surface area (Å²) < 4.78 is 0. The van der Waals surface area contributed by atoms with Crippen molar-refractivity contribution < 1.29 is 4.79 Å². The molecule has 0 spiro atoms. The standard InChI is InChI=1S/C18H22N4O/c1-2-19-18(23)15-8-9-17(21-12-15)22-11-10-20-16(13-22)14-6-4-3-5-7-14/h3-9,12,16,20H,2,10-11,13H2,1H3,(H,19,23). The molecule has 1 unspecified atom stereocenters. The Morgan fingerprint density at radius 2 is 2.13 bits per heavy atom. The first-order valence-electron chi connectivity index (χ1n) is 8.05. The second-order valence-corrected chi connectivity index (χ2v) is 5.63. The number of nitrogens with zero attached hydrogens (tertiary/aromatic N) is 2. The Balaban J connectivity index is 1.70. The van der Waals surface area contributed by atoms with Gasteiger partial charge in [-0.05, 0) is 24.6 Å². The minimum Gasteiger partial charge on any atom is -0.353 e. The van der Waals surface area contributed by atoms with Gasteiger partial charge in [0.15, 0.2) is 0 Å². The monoisotopic (exact) mass is 310 g/mol. The van der Waals surface area contributed by atoms with Gasteiger partial charge in [-0.25, -0.2) is 4.98 Å². The molecular formula is C18H22N4O. The van der Waals surface area contributed by atoms with E-state index in [9.17, 15) is 4.79 Å². The Hall–Kier alpha value is -2.40. The molecule has 2 heterocycles. The number of amides is 1. The van der Waals surface area contributed by atoms with Crippen LogP contribution in [0.1, 0.15) is 28.9 Å². The Morgan fingerprint density at radius 3 is 2.83 bits per heavy atom. The maximum atomic E-state index is 11.8. The van der Waals surface area contributed by atoms with Crippen molar-refractivity contribution in [3.63, 3.8) is 0 Å². The van der Waals surface area contributed by atoms with Crippen molar-refractivity contribution in [1.82, 2.24) is 15.6 Å². The highest BCUT2D eigenvalue weighted by atomic mass is 16.1. The number of carbonyl (C=O) groups excluding carboxylic acids is 1. The number of nitrogens with one attached hydrogen (secondary N) is 2. The van der Waals surface area contributed by atoms with Gasteiger partial charge in [0.05, 0.1) is 5.56 Å². The van der Waals surface area contributed by atoms with Gasteiger partial charge in [-0.1, -0.05) is 30.3 Å². The quantitative estimate of drug-likeness (QED) is 0.907. The lowest BCUT2D eigenvalue weighted by atomic mass is 10.0. The SMILES string of the molecule is CCNC(=O)c1ccc(N2CCNC(c3ccccc3)C2)nc1. The minimum absolute atomic E-state index is 0.0750. The van der Waals surface area contributed by atoms with Crippen molar-refractivity contribution in [3.8, 4) is 0 Å². The molecule has 1 amide bonds. The lowest BCUT2D eigenvalue weighted by molar-refractivity contribution is 0.0955. The summed E-state index contributed by atoms with van der Waals surface area (Å²) in [5, 5.41) is 6.33. The molecular weight excluding hydrogens is 288 g/mol. The van der Waals surface area contributed by atoms with E-state index in [1.807, 2.05) is 25.1 Å². The van der Waals surface area contributed by atoms with Gasteiger partial charge in [0.25, 0.3) is 5.91 Å². The first-order valence-corrected chi connectivity index (χ1v) is 8.05. The average Bonchev–Trinajstić information content (AvgIpc) is 2.63. The lowest BCUT2D eigenvalue weighted by Gasteiger charge is -2.34. The van der Waals surface area contributed by atoms with Crippen molar-refractivity contribution in [2.75, 3.05) is 31.1 Å². The first-order chi connectivity index (χ1) is 11.3. The summed E-state index contributed by atoms with van der Waals surface area (Å²) in [6.07, 6.45) is 1.65. The van der Waals surface area contributed by atoms with Gasteiger partial charge in [-0.3, -0.25) is 4.79 Å². The molecule has 0 radical (unpaired) electrons. The molecule has 5 nitrogen and oxygen atoms in total. The zero-order valence-corrected chi connectivity index (χ0v) is 13.3. The lowest BCUT2D eigenvalue weighted by Crippen LogP contribution is -2.46.